The number of amides is 1. The maximum atomic E-state index is 12.2. The molecule has 2 aromatic carbocycles. The first kappa shape index (κ1) is 19.0. The lowest BCUT2D eigenvalue weighted by atomic mass is 10.0. The van der Waals surface area contributed by atoms with Crippen LogP contribution in [-0.4, -0.2) is 20.3 Å². The van der Waals surface area contributed by atoms with Gasteiger partial charge in [-0.15, -0.1) is 0 Å². The highest BCUT2D eigenvalue weighted by Crippen LogP contribution is 2.28. The largest absolute Gasteiger partial charge is 0.417 e. The number of anilines is 1. The van der Waals surface area contributed by atoms with Gasteiger partial charge in [-0.2, -0.15) is 0 Å². The second kappa shape index (κ2) is 7.70. The average molecular weight is 361 g/mol. The minimum atomic E-state index is -3.26. The maximum absolute atomic E-state index is 12.2. The van der Waals surface area contributed by atoms with Crippen LogP contribution < -0.4 is 10.1 Å². The van der Waals surface area contributed by atoms with Crippen molar-refractivity contribution in [3.8, 4) is 5.75 Å². The first-order valence-corrected chi connectivity index (χ1v) is 9.80. The molecule has 0 saturated carbocycles. The third-order valence-electron chi connectivity index (χ3n) is 3.83. The van der Waals surface area contributed by atoms with Gasteiger partial charge >= 0.3 is 6.09 Å². The molecular weight excluding hydrogens is 338 g/mol. The fraction of sp³-hybridized carbons (Fsp3) is 0.316. The van der Waals surface area contributed by atoms with E-state index in [4.69, 9.17) is 4.74 Å². The highest BCUT2D eigenvalue weighted by molar-refractivity contribution is 7.91. The summed E-state index contributed by atoms with van der Waals surface area (Å²) in [5.74, 6) is 0.785. The van der Waals surface area contributed by atoms with E-state index in [9.17, 15) is 13.2 Å². The van der Waals surface area contributed by atoms with Crippen molar-refractivity contribution >= 4 is 21.6 Å². The molecule has 0 radical (unpaired) electrons. The van der Waals surface area contributed by atoms with E-state index >= 15 is 0 Å². The van der Waals surface area contributed by atoms with Crippen LogP contribution in [0.15, 0.2) is 47.4 Å². The molecule has 25 heavy (non-hydrogen) atoms. The number of benzene rings is 2. The van der Waals surface area contributed by atoms with Gasteiger partial charge in [0.1, 0.15) is 5.75 Å². The van der Waals surface area contributed by atoms with E-state index in [1.54, 1.807) is 19.1 Å². The maximum Gasteiger partial charge on any atom is 0.417 e. The van der Waals surface area contributed by atoms with Gasteiger partial charge in [-0.3, -0.25) is 5.32 Å². The second-order valence-corrected chi connectivity index (χ2v) is 8.42. The van der Waals surface area contributed by atoms with Crippen LogP contribution in [0, 0.1) is 6.92 Å². The molecule has 1 amide bonds. The highest BCUT2D eigenvalue weighted by Gasteiger charge is 2.14. The van der Waals surface area contributed by atoms with Crippen LogP contribution in [-0.2, 0) is 9.84 Å². The molecule has 0 unspecified atom stereocenters. The van der Waals surface area contributed by atoms with Gasteiger partial charge in [-0.05, 0) is 54.3 Å². The molecule has 1 N–H and O–H groups in total. The van der Waals surface area contributed by atoms with Gasteiger partial charge in [0.15, 0.2) is 9.84 Å². The monoisotopic (exact) mass is 361 g/mol. The minimum Gasteiger partial charge on any atom is -0.410 e. The summed E-state index contributed by atoms with van der Waals surface area (Å²) in [6.45, 7) is 7.58. The van der Waals surface area contributed by atoms with Crippen molar-refractivity contribution in [2.75, 3.05) is 11.1 Å². The third-order valence-corrected chi connectivity index (χ3v) is 5.58. The normalized spacial score (nSPS) is 11.4. The number of hydrogen-bond donors (Lipinski definition) is 1. The molecule has 0 fully saturated rings. The van der Waals surface area contributed by atoms with E-state index in [-0.39, 0.29) is 16.6 Å². The number of carbonyl (C=O) groups is 1. The number of ether oxygens (including phenoxy) is 1. The third kappa shape index (κ3) is 4.82. The Kier molecular flexibility index (Phi) is 5.85. The van der Waals surface area contributed by atoms with Crippen molar-refractivity contribution in [3.05, 3.63) is 53.6 Å². The van der Waals surface area contributed by atoms with Gasteiger partial charge in [0.2, 0.25) is 0 Å². The molecule has 5 nitrogen and oxygen atoms in total. The predicted octanol–water partition coefficient (Wildman–Crippen LogP) is 4.52. The highest BCUT2D eigenvalue weighted by atomic mass is 32.2. The Morgan fingerprint density at radius 1 is 1.12 bits per heavy atom. The number of hydrogen-bond acceptors (Lipinski definition) is 4. The average Bonchev–Trinajstić information content (AvgIpc) is 2.55. The molecule has 0 aliphatic carbocycles. The van der Waals surface area contributed by atoms with Gasteiger partial charge in [0.25, 0.3) is 0 Å². The summed E-state index contributed by atoms with van der Waals surface area (Å²) in [4.78, 5) is 12.4. The van der Waals surface area contributed by atoms with E-state index in [0.29, 0.717) is 11.4 Å². The van der Waals surface area contributed by atoms with Crippen molar-refractivity contribution in [2.45, 2.75) is 38.5 Å². The standard InChI is InChI=1S/C19H23NO4S/c1-5-25(22,23)16-9-7-15(8-10-16)20-19(21)24-18-12-14(4)6-11-17(18)13(2)3/h6-13H,5H2,1-4H3,(H,20,21). The molecule has 2 aromatic rings. The second-order valence-electron chi connectivity index (χ2n) is 6.14. The summed E-state index contributed by atoms with van der Waals surface area (Å²) in [5, 5.41) is 2.62. The summed E-state index contributed by atoms with van der Waals surface area (Å²) in [5.41, 5.74) is 2.42. The fourth-order valence-electron chi connectivity index (χ4n) is 2.36. The van der Waals surface area contributed by atoms with Gasteiger partial charge in [0, 0.05) is 5.69 Å². The molecule has 134 valence electrons. The van der Waals surface area contributed by atoms with Crippen LogP contribution in [0.2, 0.25) is 0 Å². The van der Waals surface area contributed by atoms with E-state index in [1.165, 1.54) is 12.1 Å². The SMILES string of the molecule is CCS(=O)(=O)c1ccc(NC(=O)Oc2cc(C)ccc2C(C)C)cc1. The number of sulfone groups is 1. The van der Waals surface area contributed by atoms with E-state index in [1.807, 2.05) is 39.0 Å². The zero-order valence-electron chi connectivity index (χ0n) is 14.9. The van der Waals surface area contributed by atoms with Crippen LogP contribution in [0.25, 0.3) is 0 Å². The molecule has 0 heterocycles. The molecule has 0 bridgehead atoms. The summed E-state index contributed by atoms with van der Waals surface area (Å²) in [6, 6.07) is 11.8. The summed E-state index contributed by atoms with van der Waals surface area (Å²) in [7, 11) is -3.26. The molecule has 0 atom stereocenters. The Morgan fingerprint density at radius 2 is 1.76 bits per heavy atom. The Labute approximate surface area is 148 Å². The van der Waals surface area contributed by atoms with Crippen LogP contribution >= 0.6 is 0 Å². The Balaban J connectivity index is 2.12. The first-order chi connectivity index (χ1) is 11.7. The van der Waals surface area contributed by atoms with Crippen molar-refractivity contribution in [3.63, 3.8) is 0 Å². The van der Waals surface area contributed by atoms with Crippen LogP contribution in [0.5, 0.6) is 5.75 Å². The molecule has 0 spiro atoms. The van der Waals surface area contributed by atoms with E-state index in [0.717, 1.165) is 11.1 Å². The minimum absolute atomic E-state index is 0.0349. The molecule has 0 aliphatic heterocycles. The Bertz CT molecular complexity index is 855. The van der Waals surface area contributed by atoms with Gasteiger partial charge in [-0.25, -0.2) is 13.2 Å². The Hall–Kier alpha value is -2.34. The first-order valence-electron chi connectivity index (χ1n) is 8.15. The molecule has 0 aromatic heterocycles. The van der Waals surface area contributed by atoms with Crippen molar-refractivity contribution < 1.29 is 17.9 Å². The van der Waals surface area contributed by atoms with E-state index in [2.05, 4.69) is 5.32 Å². The number of carbonyl (C=O) groups excluding carboxylic acids is 1. The quantitative estimate of drug-likeness (QED) is 0.849. The van der Waals surface area contributed by atoms with E-state index < -0.39 is 15.9 Å². The summed E-state index contributed by atoms with van der Waals surface area (Å²) >= 11 is 0. The summed E-state index contributed by atoms with van der Waals surface area (Å²) in [6.07, 6.45) is -0.612. The zero-order valence-corrected chi connectivity index (χ0v) is 15.7. The number of nitrogens with one attached hydrogen (secondary N) is 1. The Morgan fingerprint density at radius 3 is 2.32 bits per heavy atom. The zero-order chi connectivity index (χ0) is 18.6. The molecule has 2 rings (SSSR count). The molecule has 0 aliphatic rings. The van der Waals surface area contributed by atoms with Crippen molar-refractivity contribution in [2.24, 2.45) is 0 Å². The van der Waals surface area contributed by atoms with Crippen molar-refractivity contribution in [1.82, 2.24) is 0 Å². The van der Waals surface area contributed by atoms with Crippen LogP contribution in [0.4, 0.5) is 10.5 Å². The lowest BCUT2D eigenvalue weighted by molar-refractivity contribution is 0.214. The topological polar surface area (TPSA) is 72.5 Å². The van der Waals surface area contributed by atoms with Crippen LogP contribution in [0.1, 0.15) is 37.8 Å². The molecule has 6 heteroatoms. The van der Waals surface area contributed by atoms with Crippen molar-refractivity contribution in [1.29, 1.82) is 0 Å². The number of rotatable bonds is 5. The lowest BCUT2D eigenvalue weighted by Gasteiger charge is -2.14. The number of aryl methyl sites for hydroxylation is 1. The van der Waals surface area contributed by atoms with Gasteiger partial charge < -0.3 is 4.74 Å². The van der Waals surface area contributed by atoms with Crippen LogP contribution in [0.3, 0.4) is 0 Å². The molecule has 0 saturated heterocycles. The predicted molar refractivity (Wildman–Crippen MR) is 99.1 cm³/mol. The molecular formula is C19H23NO4S. The lowest BCUT2D eigenvalue weighted by Crippen LogP contribution is -2.18. The van der Waals surface area contributed by atoms with Gasteiger partial charge in [0.05, 0.1) is 10.6 Å². The smallest absolute Gasteiger partial charge is 0.410 e. The summed E-state index contributed by atoms with van der Waals surface area (Å²) < 4.78 is 29.0. The fourth-order valence-corrected chi connectivity index (χ4v) is 3.25. The van der Waals surface area contributed by atoms with Gasteiger partial charge in [-0.1, -0.05) is 32.9 Å².